The first-order valence-corrected chi connectivity index (χ1v) is 12.7. The van der Waals surface area contributed by atoms with Gasteiger partial charge in [-0.15, -0.1) is 0 Å². The molecule has 0 spiro atoms. The molecule has 4 rings (SSSR count). The first kappa shape index (κ1) is 25.0. The molecule has 1 N–H and O–H groups in total. The average Bonchev–Trinajstić information content (AvgIpc) is 2.84. The molecule has 36 heavy (non-hydrogen) atoms. The van der Waals surface area contributed by atoms with Crippen molar-refractivity contribution in [1.82, 2.24) is 4.98 Å². The van der Waals surface area contributed by atoms with E-state index in [0.717, 1.165) is 0 Å². The Balaban J connectivity index is 1.57. The van der Waals surface area contributed by atoms with Crippen LogP contribution in [0.15, 0.2) is 90.0 Å². The Morgan fingerprint density at radius 1 is 0.944 bits per heavy atom. The molecule has 0 fully saturated rings. The fraction of sp³-hybridized carbons (Fsp3) is 0.111. The molecular weight excluding hydrogens is 486 g/mol. The largest absolute Gasteiger partial charge is 0.455 e. The number of benzene rings is 3. The van der Waals surface area contributed by atoms with Crippen LogP contribution >= 0.6 is 0 Å². The zero-order valence-electron chi connectivity index (χ0n) is 19.2. The summed E-state index contributed by atoms with van der Waals surface area (Å²) in [5, 5.41) is 2.73. The Hall–Kier alpha value is -4.11. The highest BCUT2D eigenvalue weighted by Crippen LogP contribution is 2.34. The van der Waals surface area contributed by atoms with Gasteiger partial charge in [0.05, 0.1) is 29.0 Å². The van der Waals surface area contributed by atoms with Crippen molar-refractivity contribution in [3.05, 3.63) is 102 Å². The first-order chi connectivity index (χ1) is 17.2. The summed E-state index contributed by atoms with van der Waals surface area (Å²) in [5.74, 6) is -0.918. The number of pyridine rings is 1. The molecule has 0 radical (unpaired) electrons. The number of rotatable bonds is 8. The summed E-state index contributed by atoms with van der Waals surface area (Å²) in [5.41, 5.74) is 1.70. The summed E-state index contributed by atoms with van der Waals surface area (Å²) in [4.78, 5) is 17.2. The predicted octanol–water partition coefficient (Wildman–Crippen LogP) is 5.79. The standard InChI is InChI=1S/C27H22F2N2O4S/c1-2-36(33,34)24-11-9-18(10-12-24)13-26(32)31-22-16-25(35-23-8-4-7-21(29)15-23)27(30-17-22)19-5-3-6-20(28)14-19/h3-12,14-17H,2,13H2,1H3,(H,31,32). The zero-order valence-corrected chi connectivity index (χ0v) is 20.1. The Morgan fingerprint density at radius 3 is 2.31 bits per heavy atom. The molecule has 6 nitrogen and oxygen atoms in total. The average molecular weight is 509 g/mol. The number of ether oxygens (including phenoxy) is 1. The molecule has 0 bridgehead atoms. The van der Waals surface area contributed by atoms with Gasteiger partial charge in [0.25, 0.3) is 0 Å². The Bertz CT molecular complexity index is 1510. The second-order valence-electron chi connectivity index (χ2n) is 7.91. The molecule has 184 valence electrons. The number of nitrogens with one attached hydrogen (secondary N) is 1. The quantitative estimate of drug-likeness (QED) is 0.325. The minimum absolute atomic E-state index is 0.00180. The summed E-state index contributed by atoms with van der Waals surface area (Å²) >= 11 is 0. The lowest BCUT2D eigenvalue weighted by Gasteiger charge is -2.13. The van der Waals surface area contributed by atoms with E-state index in [2.05, 4.69) is 10.3 Å². The molecule has 1 heterocycles. The summed E-state index contributed by atoms with van der Waals surface area (Å²) < 4.78 is 57.3. The van der Waals surface area contributed by atoms with Crippen LogP contribution in [0.2, 0.25) is 0 Å². The minimum atomic E-state index is -3.32. The van der Waals surface area contributed by atoms with Gasteiger partial charge in [-0.2, -0.15) is 0 Å². The van der Waals surface area contributed by atoms with Gasteiger partial charge in [0.2, 0.25) is 5.91 Å². The normalized spacial score (nSPS) is 11.2. The van der Waals surface area contributed by atoms with Gasteiger partial charge in [0.15, 0.2) is 15.6 Å². The van der Waals surface area contributed by atoms with E-state index in [1.807, 2.05) is 0 Å². The van der Waals surface area contributed by atoms with Crippen LogP contribution in [0.5, 0.6) is 11.5 Å². The highest BCUT2D eigenvalue weighted by atomic mass is 32.2. The molecule has 0 saturated heterocycles. The van der Waals surface area contributed by atoms with Gasteiger partial charge < -0.3 is 10.1 Å². The Morgan fingerprint density at radius 2 is 1.64 bits per heavy atom. The third kappa shape index (κ3) is 6.11. The van der Waals surface area contributed by atoms with E-state index >= 15 is 0 Å². The third-order valence-electron chi connectivity index (χ3n) is 5.29. The molecule has 1 aromatic heterocycles. The summed E-state index contributed by atoms with van der Waals surface area (Å²) in [6.07, 6.45) is 1.41. The van der Waals surface area contributed by atoms with E-state index in [1.165, 1.54) is 60.8 Å². The highest BCUT2D eigenvalue weighted by Gasteiger charge is 2.15. The van der Waals surface area contributed by atoms with Crippen LogP contribution in [0.3, 0.4) is 0 Å². The number of aromatic nitrogens is 1. The molecular formula is C27H22F2N2O4S. The second-order valence-corrected chi connectivity index (χ2v) is 10.2. The van der Waals surface area contributed by atoms with Crippen molar-refractivity contribution in [2.24, 2.45) is 0 Å². The van der Waals surface area contributed by atoms with E-state index in [0.29, 0.717) is 22.5 Å². The Kier molecular flexibility index (Phi) is 7.40. The fourth-order valence-corrected chi connectivity index (χ4v) is 4.36. The lowest BCUT2D eigenvalue weighted by molar-refractivity contribution is -0.115. The molecule has 0 aliphatic carbocycles. The van der Waals surface area contributed by atoms with E-state index in [-0.39, 0.29) is 34.5 Å². The van der Waals surface area contributed by atoms with Crippen molar-refractivity contribution in [3.63, 3.8) is 0 Å². The number of hydrogen-bond acceptors (Lipinski definition) is 5. The second kappa shape index (κ2) is 10.7. The van der Waals surface area contributed by atoms with Crippen molar-refractivity contribution < 1.29 is 26.7 Å². The molecule has 4 aromatic rings. The summed E-state index contributed by atoms with van der Waals surface area (Å²) in [6, 6.07) is 19.0. The van der Waals surface area contributed by atoms with Gasteiger partial charge in [-0.3, -0.25) is 9.78 Å². The first-order valence-electron chi connectivity index (χ1n) is 11.0. The lowest BCUT2D eigenvalue weighted by Crippen LogP contribution is -2.15. The lowest BCUT2D eigenvalue weighted by atomic mass is 10.1. The van der Waals surface area contributed by atoms with Gasteiger partial charge in [0, 0.05) is 17.7 Å². The zero-order chi connectivity index (χ0) is 25.7. The number of amides is 1. The number of anilines is 1. The number of hydrogen-bond donors (Lipinski definition) is 1. The van der Waals surface area contributed by atoms with Crippen LogP contribution in [0.1, 0.15) is 12.5 Å². The molecule has 1 amide bonds. The van der Waals surface area contributed by atoms with Crippen molar-refractivity contribution >= 4 is 21.4 Å². The van der Waals surface area contributed by atoms with Crippen molar-refractivity contribution in [1.29, 1.82) is 0 Å². The maximum absolute atomic E-state index is 13.8. The fourth-order valence-electron chi connectivity index (χ4n) is 3.47. The van der Waals surface area contributed by atoms with Crippen molar-refractivity contribution in [3.8, 4) is 22.8 Å². The molecule has 0 aliphatic rings. The maximum atomic E-state index is 13.8. The number of halogens is 2. The summed E-state index contributed by atoms with van der Waals surface area (Å²) in [6.45, 7) is 1.57. The van der Waals surface area contributed by atoms with Crippen molar-refractivity contribution in [2.75, 3.05) is 11.1 Å². The van der Waals surface area contributed by atoms with Crippen LogP contribution in [-0.2, 0) is 21.1 Å². The van der Waals surface area contributed by atoms with Crippen LogP contribution in [0, 0.1) is 11.6 Å². The number of sulfone groups is 1. The Labute approximate surface area is 207 Å². The van der Waals surface area contributed by atoms with Crippen LogP contribution in [0.4, 0.5) is 14.5 Å². The van der Waals surface area contributed by atoms with Gasteiger partial charge in [-0.25, -0.2) is 17.2 Å². The molecule has 0 unspecified atom stereocenters. The van der Waals surface area contributed by atoms with Gasteiger partial charge in [-0.05, 0) is 42.0 Å². The van der Waals surface area contributed by atoms with E-state index < -0.39 is 21.5 Å². The van der Waals surface area contributed by atoms with Gasteiger partial charge >= 0.3 is 0 Å². The monoisotopic (exact) mass is 508 g/mol. The number of nitrogens with zero attached hydrogens (tertiary/aromatic N) is 1. The highest BCUT2D eigenvalue weighted by molar-refractivity contribution is 7.91. The minimum Gasteiger partial charge on any atom is -0.455 e. The van der Waals surface area contributed by atoms with Gasteiger partial charge in [-0.1, -0.05) is 37.3 Å². The molecule has 0 saturated carbocycles. The SMILES string of the molecule is CCS(=O)(=O)c1ccc(CC(=O)Nc2cnc(-c3cccc(F)c3)c(Oc3cccc(F)c3)c2)cc1. The predicted molar refractivity (Wildman–Crippen MR) is 133 cm³/mol. The van der Waals surface area contributed by atoms with Crippen LogP contribution in [0.25, 0.3) is 11.3 Å². The van der Waals surface area contributed by atoms with Crippen LogP contribution in [-0.4, -0.2) is 25.1 Å². The van der Waals surface area contributed by atoms with E-state index in [1.54, 1.807) is 31.2 Å². The molecule has 9 heteroatoms. The maximum Gasteiger partial charge on any atom is 0.228 e. The molecule has 0 atom stereocenters. The summed E-state index contributed by atoms with van der Waals surface area (Å²) in [7, 11) is -3.32. The van der Waals surface area contributed by atoms with E-state index in [4.69, 9.17) is 4.74 Å². The smallest absolute Gasteiger partial charge is 0.228 e. The number of carbonyl (C=O) groups is 1. The third-order valence-corrected chi connectivity index (χ3v) is 7.04. The van der Waals surface area contributed by atoms with E-state index in [9.17, 15) is 22.0 Å². The topological polar surface area (TPSA) is 85.4 Å². The molecule has 3 aromatic carbocycles. The van der Waals surface area contributed by atoms with Crippen LogP contribution < -0.4 is 10.1 Å². The van der Waals surface area contributed by atoms with Gasteiger partial charge in [0.1, 0.15) is 23.1 Å². The molecule has 0 aliphatic heterocycles. The van der Waals surface area contributed by atoms with Crippen molar-refractivity contribution in [2.45, 2.75) is 18.2 Å². The number of carbonyl (C=O) groups excluding carboxylic acids is 1.